The summed E-state index contributed by atoms with van der Waals surface area (Å²) in [6.07, 6.45) is 2.18. The monoisotopic (exact) mass is 386 g/mol. The molecule has 2 aromatic heterocycles. The van der Waals surface area contributed by atoms with Crippen LogP contribution in [0.4, 0.5) is 20.3 Å². The number of rotatable bonds is 5. The van der Waals surface area contributed by atoms with Gasteiger partial charge in [0.2, 0.25) is 5.88 Å². The number of hydrogen-bond donors (Lipinski definition) is 0. The molecule has 1 aliphatic rings. The third kappa shape index (κ3) is 3.78. The second kappa shape index (κ2) is 7.87. The molecular formula is C19H20F2N6O. The number of fused-ring (bicyclic) bond motifs is 1. The maximum absolute atomic E-state index is 12.5. The Morgan fingerprint density at radius 1 is 1.00 bits per heavy atom. The van der Waals surface area contributed by atoms with Crippen molar-refractivity contribution in [1.29, 1.82) is 0 Å². The van der Waals surface area contributed by atoms with Crippen LogP contribution in [0.1, 0.15) is 5.69 Å². The number of nitrogens with zero attached hydrogens (tertiary/aromatic N) is 6. The summed E-state index contributed by atoms with van der Waals surface area (Å²) < 4.78 is 30.2. The molecule has 3 aromatic rings. The highest BCUT2D eigenvalue weighted by Crippen LogP contribution is 2.28. The van der Waals surface area contributed by atoms with Crippen LogP contribution in [0, 0.1) is 6.92 Å². The van der Waals surface area contributed by atoms with Crippen molar-refractivity contribution in [3.8, 4) is 5.88 Å². The molecule has 1 aromatic carbocycles. The molecule has 0 atom stereocenters. The minimum absolute atomic E-state index is 0.181. The first-order chi connectivity index (χ1) is 13.6. The molecular weight excluding hydrogens is 366 g/mol. The average Bonchev–Trinajstić information content (AvgIpc) is 2.72. The van der Waals surface area contributed by atoms with E-state index in [0.29, 0.717) is 10.9 Å². The fourth-order valence-corrected chi connectivity index (χ4v) is 3.36. The van der Waals surface area contributed by atoms with Gasteiger partial charge in [-0.2, -0.15) is 0 Å². The molecule has 9 heteroatoms. The number of ether oxygens (including phenoxy) is 1. The molecule has 0 aliphatic carbocycles. The summed E-state index contributed by atoms with van der Waals surface area (Å²) in [6.45, 7) is 4.52. The first kappa shape index (κ1) is 18.3. The molecule has 1 saturated heterocycles. The predicted octanol–water partition coefficient (Wildman–Crippen LogP) is 2.70. The zero-order chi connectivity index (χ0) is 19.5. The van der Waals surface area contributed by atoms with Crippen LogP contribution in [0.2, 0.25) is 0 Å². The lowest BCUT2D eigenvalue weighted by atomic mass is 10.2. The molecule has 0 radical (unpaired) electrons. The van der Waals surface area contributed by atoms with Crippen molar-refractivity contribution in [2.75, 3.05) is 42.6 Å². The Kier molecular flexibility index (Phi) is 5.14. The highest BCUT2D eigenvalue weighted by Gasteiger charge is 2.20. The van der Waals surface area contributed by atoms with Crippen molar-refractivity contribution < 1.29 is 13.5 Å². The minimum atomic E-state index is -2.55. The van der Waals surface area contributed by atoms with E-state index >= 15 is 0 Å². The van der Waals surface area contributed by atoms with Crippen LogP contribution < -0.4 is 14.5 Å². The van der Waals surface area contributed by atoms with Crippen molar-refractivity contribution in [3.05, 3.63) is 42.6 Å². The maximum atomic E-state index is 12.5. The van der Waals surface area contributed by atoms with Crippen LogP contribution in [-0.4, -0.2) is 59.1 Å². The van der Waals surface area contributed by atoms with Crippen LogP contribution in [0.5, 0.6) is 5.88 Å². The fourth-order valence-electron chi connectivity index (χ4n) is 3.36. The molecule has 4 rings (SSSR count). The zero-order valence-electron chi connectivity index (χ0n) is 15.4. The van der Waals surface area contributed by atoms with Gasteiger partial charge in [-0.15, -0.1) is 0 Å². The molecule has 1 fully saturated rings. The van der Waals surface area contributed by atoms with Gasteiger partial charge >= 0.3 is 0 Å². The summed E-state index contributed by atoms with van der Waals surface area (Å²) in [5.41, 5.74) is 2.57. The third-order valence-corrected chi connectivity index (χ3v) is 4.73. The van der Waals surface area contributed by atoms with Gasteiger partial charge in [0.15, 0.2) is 6.61 Å². The quantitative estimate of drug-likeness (QED) is 0.668. The largest absolute Gasteiger partial charge is 0.471 e. The van der Waals surface area contributed by atoms with Crippen molar-refractivity contribution in [1.82, 2.24) is 19.9 Å². The summed E-state index contributed by atoms with van der Waals surface area (Å²) in [7, 11) is 0. The first-order valence-electron chi connectivity index (χ1n) is 9.05. The Hall–Kier alpha value is -3.10. The van der Waals surface area contributed by atoms with E-state index < -0.39 is 13.0 Å². The average molecular weight is 386 g/mol. The van der Waals surface area contributed by atoms with E-state index in [2.05, 4.69) is 29.7 Å². The molecule has 0 N–H and O–H groups in total. The summed E-state index contributed by atoms with van der Waals surface area (Å²) in [6, 6.07) is 5.75. The van der Waals surface area contributed by atoms with Gasteiger partial charge in [-0.3, -0.25) is 4.98 Å². The van der Waals surface area contributed by atoms with E-state index in [4.69, 9.17) is 4.74 Å². The van der Waals surface area contributed by atoms with Gasteiger partial charge in [0, 0.05) is 44.3 Å². The predicted molar refractivity (Wildman–Crippen MR) is 102 cm³/mol. The summed E-state index contributed by atoms with van der Waals surface area (Å²) >= 11 is 0. The maximum Gasteiger partial charge on any atom is 0.272 e. The summed E-state index contributed by atoms with van der Waals surface area (Å²) in [5, 5.41) is 0.632. The highest BCUT2D eigenvalue weighted by molar-refractivity contribution is 5.86. The van der Waals surface area contributed by atoms with Gasteiger partial charge in [-0.05, 0) is 25.1 Å². The van der Waals surface area contributed by atoms with Gasteiger partial charge in [0.25, 0.3) is 6.43 Å². The van der Waals surface area contributed by atoms with E-state index in [1.54, 1.807) is 12.4 Å². The Balaban J connectivity index is 1.52. The van der Waals surface area contributed by atoms with Crippen LogP contribution in [-0.2, 0) is 0 Å². The van der Waals surface area contributed by atoms with Crippen LogP contribution in [0.25, 0.3) is 10.9 Å². The lowest BCUT2D eigenvalue weighted by Gasteiger charge is -2.37. The van der Waals surface area contributed by atoms with Crippen molar-refractivity contribution >= 4 is 22.4 Å². The standard InChI is InChI=1S/C19H20F2N6O/c1-13-18(23-5-4-22-13)27-8-6-26(7-9-27)14-2-3-16-15(10-14)19(25-12-24-16)28-11-17(20)21/h2-5,10,12,17H,6-9,11H2,1H3. The van der Waals surface area contributed by atoms with Crippen molar-refractivity contribution in [2.45, 2.75) is 13.3 Å². The molecule has 146 valence electrons. The SMILES string of the molecule is Cc1nccnc1N1CCN(c2ccc3ncnc(OCC(F)F)c3c2)CC1. The molecule has 0 amide bonds. The van der Waals surface area contributed by atoms with Crippen molar-refractivity contribution in [3.63, 3.8) is 0 Å². The smallest absolute Gasteiger partial charge is 0.272 e. The van der Waals surface area contributed by atoms with Gasteiger partial charge in [-0.25, -0.2) is 23.7 Å². The lowest BCUT2D eigenvalue weighted by Crippen LogP contribution is -2.47. The number of hydrogen-bond acceptors (Lipinski definition) is 7. The second-order valence-electron chi connectivity index (χ2n) is 6.52. The molecule has 7 nitrogen and oxygen atoms in total. The molecule has 1 aliphatic heterocycles. The molecule has 0 bridgehead atoms. The number of piperazine rings is 1. The van der Waals surface area contributed by atoms with E-state index in [1.807, 2.05) is 25.1 Å². The van der Waals surface area contributed by atoms with Crippen LogP contribution >= 0.6 is 0 Å². The number of benzene rings is 1. The number of halogens is 2. The molecule has 28 heavy (non-hydrogen) atoms. The van der Waals surface area contributed by atoms with Gasteiger partial charge in [0.05, 0.1) is 16.6 Å². The Labute approximate surface area is 161 Å². The molecule has 0 saturated carbocycles. The highest BCUT2D eigenvalue weighted by atomic mass is 19.3. The Morgan fingerprint density at radius 2 is 1.75 bits per heavy atom. The minimum Gasteiger partial charge on any atom is -0.471 e. The summed E-state index contributed by atoms with van der Waals surface area (Å²) in [4.78, 5) is 21.4. The molecule has 0 unspecified atom stereocenters. The lowest BCUT2D eigenvalue weighted by molar-refractivity contribution is 0.0804. The van der Waals surface area contributed by atoms with E-state index in [1.165, 1.54) is 6.33 Å². The van der Waals surface area contributed by atoms with E-state index in [-0.39, 0.29) is 5.88 Å². The summed E-state index contributed by atoms with van der Waals surface area (Å²) in [5.74, 6) is 1.10. The van der Waals surface area contributed by atoms with Crippen molar-refractivity contribution in [2.24, 2.45) is 0 Å². The zero-order valence-corrected chi connectivity index (χ0v) is 15.4. The van der Waals surface area contributed by atoms with E-state index in [9.17, 15) is 8.78 Å². The molecule has 3 heterocycles. The Bertz CT molecular complexity index is 962. The third-order valence-electron chi connectivity index (χ3n) is 4.73. The van der Waals surface area contributed by atoms with Gasteiger partial charge in [-0.1, -0.05) is 0 Å². The second-order valence-corrected chi connectivity index (χ2v) is 6.52. The molecule has 0 spiro atoms. The fraction of sp³-hybridized carbons (Fsp3) is 0.368. The topological polar surface area (TPSA) is 67.3 Å². The number of anilines is 2. The van der Waals surface area contributed by atoms with Crippen LogP contribution in [0.15, 0.2) is 36.9 Å². The number of aromatic nitrogens is 4. The first-order valence-corrected chi connectivity index (χ1v) is 9.05. The number of alkyl halides is 2. The Morgan fingerprint density at radius 3 is 2.50 bits per heavy atom. The van der Waals surface area contributed by atoms with E-state index in [0.717, 1.165) is 43.4 Å². The van der Waals surface area contributed by atoms with Crippen LogP contribution in [0.3, 0.4) is 0 Å². The number of aryl methyl sites for hydroxylation is 1. The van der Waals surface area contributed by atoms with Gasteiger partial charge < -0.3 is 14.5 Å². The normalized spacial score (nSPS) is 14.7. The van der Waals surface area contributed by atoms with Gasteiger partial charge in [0.1, 0.15) is 12.1 Å².